The number of hydrogen-bond donors (Lipinski definition) is 1. The molecule has 1 saturated heterocycles. The van der Waals surface area contributed by atoms with Crippen molar-refractivity contribution in [3.8, 4) is 17.2 Å². The molecule has 1 aromatic carbocycles. The number of rotatable bonds is 7. The van der Waals surface area contributed by atoms with Crippen molar-refractivity contribution in [2.75, 3.05) is 39.3 Å². The lowest BCUT2D eigenvalue weighted by molar-refractivity contribution is -0.137. The molecule has 30 heavy (non-hydrogen) atoms. The predicted octanol–water partition coefficient (Wildman–Crippen LogP) is 3.88. The molecule has 2 heterocycles. The minimum atomic E-state index is -4.37. The Morgan fingerprint density at radius 2 is 1.67 bits per heavy atom. The van der Waals surface area contributed by atoms with Gasteiger partial charge in [-0.1, -0.05) is 0 Å². The van der Waals surface area contributed by atoms with Gasteiger partial charge in [-0.2, -0.15) is 13.2 Å². The highest BCUT2D eigenvalue weighted by Gasteiger charge is 2.31. The summed E-state index contributed by atoms with van der Waals surface area (Å²) in [5.74, 6) is 2.35. The van der Waals surface area contributed by atoms with Gasteiger partial charge in [0.1, 0.15) is 5.82 Å². The second-order valence-electron chi connectivity index (χ2n) is 7.08. The van der Waals surface area contributed by atoms with Crippen LogP contribution in [0.4, 0.5) is 19.0 Å². The van der Waals surface area contributed by atoms with Crippen LogP contribution in [0.1, 0.15) is 24.0 Å². The summed E-state index contributed by atoms with van der Waals surface area (Å²) in [6, 6.07) is 6.64. The molecule has 9 heteroatoms. The number of piperidine rings is 1. The molecule has 0 spiro atoms. The van der Waals surface area contributed by atoms with Gasteiger partial charge in [0.15, 0.2) is 11.5 Å². The molecule has 3 rings (SSSR count). The zero-order valence-corrected chi connectivity index (χ0v) is 17.3. The molecule has 0 atom stereocenters. The van der Waals surface area contributed by atoms with Crippen molar-refractivity contribution < 1.29 is 27.4 Å². The van der Waals surface area contributed by atoms with Gasteiger partial charge in [-0.25, -0.2) is 4.98 Å². The van der Waals surface area contributed by atoms with Gasteiger partial charge in [0, 0.05) is 31.9 Å². The van der Waals surface area contributed by atoms with E-state index in [1.807, 2.05) is 17.0 Å². The summed E-state index contributed by atoms with van der Waals surface area (Å²) in [6.07, 6.45) is -1.74. The Balaban J connectivity index is 1.55. The maximum absolute atomic E-state index is 12.7. The third kappa shape index (κ3) is 5.08. The van der Waals surface area contributed by atoms with E-state index >= 15 is 0 Å². The highest BCUT2D eigenvalue weighted by molar-refractivity contribution is 5.53. The largest absolute Gasteiger partial charge is 0.493 e. The predicted molar refractivity (Wildman–Crippen MR) is 107 cm³/mol. The minimum absolute atomic E-state index is 0.301. The van der Waals surface area contributed by atoms with Gasteiger partial charge < -0.3 is 24.4 Å². The topological polar surface area (TPSA) is 55.9 Å². The third-order valence-electron chi connectivity index (χ3n) is 5.21. The van der Waals surface area contributed by atoms with Gasteiger partial charge in [0.05, 0.1) is 26.9 Å². The number of benzene rings is 1. The van der Waals surface area contributed by atoms with Crippen LogP contribution in [-0.2, 0) is 12.7 Å². The van der Waals surface area contributed by atoms with E-state index in [9.17, 15) is 13.2 Å². The number of nitrogens with zero attached hydrogens (tertiary/aromatic N) is 2. The van der Waals surface area contributed by atoms with Gasteiger partial charge in [-0.05, 0) is 42.7 Å². The summed E-state index contributed by atoms with van der Waals surface area (Å²) in [7, 11) is 4.73. The maximum Gasteiger partial charge on any atom is 0.417 e. The molecule has 1 fully saturated rings. The first-order chi connectivity index (χ1) is 14.4. The first-order valence-corrected chi connectivity index (χ1v) is 9.66. The highest BCUT2D eigenvalue weighted by Crippen LogP contribution is 2.38. The van der Waals surface area contributed by atoms with Gasteiger partial charge in [-0.15, -0.1) is 0 Å². The first-order valence-electron chi connectivity index (χ1n) is 9.66. The van der Waals surface area contributed by atoms with Crippen LogP contribution in [0.3, 0.4) is 0 Å². The zero-order chi connectivity index (χ0) is 21.7. The molecule has 0 bridgehead atoms. The Labute approximate surface area is 173 Å². The normalized spacial score (nSPS) is 15.2. The van der Waals surface area contributed by atoms with Crippen molar-refractivity contribution in [3.63, 3.8) is 0 Å². The minimum Gasteiger partial charge on any atom is -0.493 e. The van der Waals surface area contributed by atoms with E-state index < -0.39 is 11.7 Å². The van der Waals surface area contributed by atoms with E-state index in [1.54, 1.807) is 21.3 Å². The average molecular weight is 425 g/mol. The molecule has 2 aromatic rings. The Hall–Kier alpha value is -2.68. The first kappa shape index (κ1) is 22.0. The number of alkyl halides is 3. The molecule has 0 saturated carbocycles. The van der Waals surface area contributed by atoms with Gasteiger partial charge in [-0.3, -0.25) is 0 Å². The Morgan fingerprint density at radius 1 is 1.03 bits per heavy atom. The van der Waals surface area contributed by atoms with Crippen molar-refractivity contribution in [2.24, 2.45) is 0 Å². The summed E-state index contributed by atoms with van der Waals surface area (Å²) in [5.41, 5.74) is 0.282. The van der Waals surface area contributed by atoms with Crippen LogP contribution in [0.2, 0.25) is 0 Å². The molecular formula is C21H26F3N3O3. The van der Waals surface area contributed by atoms with E-state index in [-0.39, 0.29) is 0 Å². The Bertz CT molecular complexity index is 811. The van der Waals surface area contributed by atoms with Crippen LogP contribution in [0.15, 0.2) is 30.5 Å². The van der Waals surface area contributed by atoms with Crippen molar-refractivity contribution in [1.82, 2.24) is 10.3 Å². The zero-order valence-electron chi connectivity index (χ0n) is 17.3. The lowest BCUT2D eigenvalue weighted by atomic mass is 10.0. The fourth-order valence-electron chi connectivity index (χ4n) is 3.55. The second kappa shape index (κ2) is 9.42. The molecule has 1 N–H and O–H groups in total. The Morgan fingerprint density at radius 3 is 2.13 bits per heavy atom. The van der Waals surface area contributed by atoms with E-state index in [2.05, 4.69) is 10.3 Å². The molecule has 0 radical (unpaired) electrons. The smallest absolute Gasteiger partial charge is 0.417 e. The molecule has 1 aliphatic heterocycles. The number of anilines is 1. The summed E-state index contributed by atoms with van der Waals surface area (Å²) in [6.45, 7) is 2.09. The van der Waals surface area contributed by atoms with E-state index in [0.717, 1.165) is 43.8 Å². The van der Waals surface area contributed by atoms with Gasteiger partial charge >= 0.3 is 6.18 Å². The summed E-state index contributed by atoms with van der Waals surface area (Å²) in [5, 5.41) is 3.53. The average Bonchev–Trinajstić information content (AvgIpc) is 2.76. The molecular weight excluding hydrogens is 399 g/mol. The summed E-state index contributed by atoms with van der Waals surface area (Å²) < 4.78 is 54.2. The van der Waals surface area contributed by atoms with Crippen molar-refractivity contribution in [1.29, 1.82) is 0 Å². The number of methoxy groups -OCH3 is 3. The fourth-order valence-corrected chi connectivity index (χ4v) is 3.55. The van der Waals surface area contributed by atoms with E-state index in [0.29, 0.717) is 35.7 Å². The number of aromatic nitrogens is 1. The van der Waals surface area contributed by atoms with E-state index in [1.165, 1.54) is 6.07 Å². The standard InChI is InChI=1S/C21H26F3N3O3/c1-28-17-10-14(11-18(29-2)20(17)30-3)12-25-16-6-8-27(9-7-16)19-5-4-15(13-26-19)21(22,23)24/h4-5,10-11,13,16,25H,6-9,12H2,1-3H3. The molecule has 0 amide bonds. The molecule has 6 nitrogen and oxygen atoms in total. The van der Waals surface area contributed by atoms with E-state index in [4.69, 9.17) is 14.2 Å². The van der Waals surface area contributed by atoms with Gasteiger partial charge in [0.2, 0.25) is 5.75 Å². The van der Waals surface area contributed by atoms with Gasteiger partial charge in [0.25, 0.3) is 0 Å². The molecule has 1 aliphatic rings. The van der Waals surface area contributed by atoms with Crippen LogP contribution in [-0.4, -0.2) is 45.4 Å². The lowest BCUT2D eigenvalue weighted by Crippen LogP contribution is -2.42. The number of ether oxygens (including phenoxy) is 3. The summed E-state index contributed by atoms with van der Waals surface area (Å²) >= 11 is 0. The Kier molecular flexibility index (Phi) is 6.91. The van der Waals surface area contributed by atoms with Crippen molar-refractivity contribution >= 4 is 5.82 Å². The molecule has 0 unspecified atom stereocenters. The number of hydrogen-bond acceptors (Lipinski definition) is 6. The molecule has 0 aliphatic carbocycles. The lowest BCUT2D eigenvalue weighted by Gasteiger charge is -2.33. The van der Waals surface area contributed by atoms with Crippen LogP contribution in [0.5, 0.6) is 17.2 Å². The third-order valence-corrected chi connectivity index (χ3v) is 5.21. The monoisotopic (exact) mass is 425 g/mol. The van der Waals surface area contributed by atoms with Crippen LogP contribution in [0.25, 0.3) is 0 Å². The summed E-state index contributed by atoms with van der Waals surface area (Å²) in [4.78, 5) is 6.00. The number of pyridine rings is 1. The molecule has 1 aromatic heterocycles. The second-order valence-corrected chi connectivity index (χ2v) is 7.08. The maximum atomic E-state index is 12.7. The van der Waals surface area contributed by atoms with Crippen molar-refractivity contribution in [2.45, 2.75) is 31.6 Å². The fraction of sp³-hybridized carbons (Fsp3) is 0.476. The van der Waals surface area contributed by atoms with Crippen LogP contribution < -0.4 is 24.4 Å². The highest BCUT2D eigenvalue weighted by atomic mass is 19.4. The van der Waals surface area contributed by atoms with Crippen molar-refractivity contribution in [3.05, 3.63) is 41.6 Å². The van der Waals surface area contributed by atoms with Crippen LogP contribution >= 0.6 is 0 Å². The van der Waals surface area contributed by atoms with Crippen LogP contribution in [0, 0.1) is 0 Å². The number of halogens is 3. The SMILES string of the molecule is COc1cc(CNC2CCN(c3ccc(C(F)(F)F)cn3)CC2)cc(OC)c1OC. The quantitative estimate of drug-likeness (QED) is 0.727. The molecule has 164 valence electrons. The number of nitrogens with one attached hydrogen (secondary N) is 1.